The summed E-state index contributed by atoms with van der Waals surface area (Å²) in [5.41, 5.74) is 2.88. The lowest BCUT2D eigenvalue weighted by Crippen LogP contribution is -2.47. The number of aromatic nitrogens is 2. The molecular formula is C28H29N3O6. The number of benzene rings is 1. The number of aryl methyl sites for hydroxylation is 1. The van der Waals surface area contributed by atoms with Gasteiger partial charge in [0.25, 0.3) is 5.56 Å². The molecule has 0 radical (unpaired) electrons. The van der Waals surface area contributed by atoms with Gasteiger partial charge >= 0.3 is 5.97 Å². The molecule has 1 atom stereocenters. The van der Waals surface area contributed by atoms with E-state index in [1.54, 1.807) is 42.7 Å². The molecule has 3 heterocycles. The number of ether oxygens (including phenoxy) is 1. The monoisotopic (exact) mass is 503 g/mol. The van der Waals surface area contributed by atoms with E-state index in [9.17, 15) is 24.3 Å². The third kappa shape index (κ3) is 3.80. The fraction of sp³-hybridized carbons (Fsp3) is 0.393. The van der Waals surface area contributed by atoms with Crippen molar-refractivity contribution in [3.8, 4) is 17.1 Å². The Morgan fingerprint density at radius 1 is 1.14 bits per heavy atom. The van der Waals surface area contributed by atoms with Crippen molar-refractivity contribution in [3.63, 3.8) is 0 Å². The minimum absolute atomic E-state index is 0.0819. The Hall–Kier alpha value is -4.01. The molecule has 1 aliphatic carbocycles. The zero-order valence-electron chi connectivity index (χ0n) is 21.1. The van der Waals surface area contributed by atoms with E-state index < -0.39 is 11.6 Å². The number of rotatable bonds is 6. The predicted molar refractivity (Wildman–Crippen MR) is 136 cm³/mol. The van der Waals surface area contributed by atoms with Gasteiger partial charge in [-0.05, 0) is 49.1 Å². The maximum Gasteiger partial charge on any atom is 0.326 e. The summed E-state index contributed by atoms with van der Waals surface area (Å²) in [5, 5.41) is 13.4. The molecule has 0 spiro atoms. The lowest BCUT2D eigenvalue weighted by molar-refractivity contribution is -0.170. The first-order valence-electron chi connectivity index (χ1n) is 12.7. The van der Waals surface area contributed by atoms with Crippen LogP contribution in [0.25, 0.3) is 22.3 Å². The molecule has 192 valence electrons. The molecule has 5 rings (SSSR count). The van der Waals surface area contributed by atoms with Gasteiger partial charge in [0, 0.05) is 34.9 Å². The van der Waals surface area contributed by atoms with Gasteiger partial charge in [-0.15, -0.1) is 0 Å². The third-order valence-corrected chi connectivity index (χ3v) is 7.52. The summed E-state index contributed by atoms with van der Waals surface area (Å²) < 4.78 is 7.47. The highest BCUT2D eigenvalue weighted by atomic mass is 16.6. The minimum atomic E-state index is -1.60. The summed E-state index contributed by atoms with van der Waals surface area (Å²) in [4.78, 5) is 56.2. The number of Topliss-reactive ketones (excluding diaryl/α,β-unsaturated/α-hetero) is 1. The number of hydrogen-bond donors (Lipinski definition) is 2. The van der Waals surface area contributed by atoms with Gasteiger partial charge in [0.2, 0.25) is 5.91 Å². The van der Waals surface area contributed by atoms with Crippen LogP contribution in [0, 0.1) is 0 Å². The highest BCUT2D eigenvalue weighted by molar-refractivity contribution is 5.94. The maximum atomic E-state index is 13.8. The quantitative estimate of drug-likeness (QED) is 0.387. The molecule has 9 heteroatoms. The Morgan fingerprint density at radius 3 is 2.62 bits per heavy atom. The van der Waals surface area contributed by atoms with Crippen LogP contribution < -0.4 is 10.9 Å². The van der Waals surface area contributed by atoms with Crippen LogP contribution >= 0.6 is 0 Å². The number of pyridine rings is 2. The summed E-state index contributed by atoms with van der Waals surface area (Å²) in [6.45, 7) is 5.42. The first-order chi connectivity index (χ1) is 17.7. The molecule has 0 saturated heterocycles. The molecule has 1 aliphatic heterocycles. The Kier molecular flexibility index (Phi) is 6.09. The number of aromatic hydroxyl groups is 1. The molecular weight excluding hydrogens is 474 g/mol. The molecule has 1 aromatic carbocycles. The third-order valence-electron chi connectivity index (χ3n) is 7.52. The van der Waals surface area contributed by atoms with E-state index in [1.165, 1.54) is 0 Å². The molecule has 2 aliphatic rings. The average molecular weight is 504 g/mol. The average Bonchev–Trinajstić information content (AvgIpc) is 3.26. The number of phenols is 1. The van der Waals surface area contributed by atoms with Gasteiger partial charge in [-0.3, -0.25) is 19.2 Å². The Balaban J connectivity index is 1.67. The molecule has 9 nitrogen and oxygen atoms in total. The lowest BCUT2D eigenvalue weighted by atomic mass is 9.76. The number of nitrogens with one attached hydrogen (secondary N) is 1. The summed E-state index contributed by atoms with van der Waals surface area (Å²) in [6.07, 6.45) is 1.41. The first-order valence-corrected chi connectivity index (χ1v) is 12.7. The number of esters is 1. The molecule has 1 amide bonds. The van der Waals surface area contributed by atoms with Crippen LogP contribution in [-0.2, 0) is 44.1 Å². The van der Waals surface area contributed by atoms with E-state index in [4.69, 9.17) is 9.72 Å². The summed E-state index contributed by atoms with van der Waals surface area (Å²) >= 11 is 0. The Labute approximate surface area is 213 Å². The molecule has 0 saturated carbocycles. The van der Waals surface area contributed by atoms with Crippen LogP contribution in [0.1, 0.15) is 62.3 Å². The van der Waals surface area contributed by atoms with E-state index in [2.05, 4.69) is 5.32 Å². The van der Waals surface area contributed by atoms with Gasteiger partial charge in [0.1, 0.15) is 12.3 Å². The van der Waals surface area contributed by atoms with E-state index in [0.717, 1.165) is 16.5 Å². The van der Waals surface area contributed by atoms with Crippen LogP contribution in [0.2, 0.25) is 0 Å². The smallest absolute Gasteiger partial charge is 0.326 e. The number of nitrogens with zero attached hydrogens (tertiary/aromatic N) is 2. The van der Waals surface area contributed by atoms with Crippen molar-refractivity contribution < 1.29 is 24.2 Å². The minimum Gasteiger partial charge on any atom is -0.508 e. The molecule has 2 N–H and O–H groups in total. The summed E-state index contributed by atoms with van der Waals surface area (Å²) in [5.74, 6) is -1.15. The molecule has 0 unspecified atom stereocenters. The van der Waals surface area contributed by atoms with Gasteiger partial charge in [0.15, 0.2) is 11.4 Å². The Morgan fingerprint density at radius 2 is 1.92 bits per heavy atom. The zero-order chi connectivity index (χ0) is 26.5. The predicted octanol–water partition coefficient (Wildman–Crippen LogP) is 2.88. The van der Waals surface area contributed by atoms with Crippen LogP contribution in [0.4, 0.5) is 0 Å². The van der Waals surface area contributed by atoms with Gasteiger partial charge < -0.3 is 19.7 Å². The normalized spacial score (nSPS) is 17.8. The van der Waals surface area contributed by atoms with E-state index >= 15 is 0 Å². The van der Waals surface area contributed by atoms with Gasteiger partial charge in [0.05, 0.1) is 23.4 Å². The first kappa shape index (κ1) is 24.7. The molecule has 2 aromatic heterocycles. The van der Waals surface area contributed by atoms with E-state index in [0.29, 0.717) is 41.0 Å². The number of amides is 1. The maximum absolute atomic E-state index is 13.8. The Bertz CT molecular complexity index is 1540. The van der Waals surface area contributed by atoms with Crippen molar-refractivity contribution in [1.82, 2.24) is 14.9 Å². The summed E-state index contributed by atoms with van der Waals surface area (Å²) in [7, 11) is 0. The molecule has 3 aromatic rings. The second kappa shape index (κ2) is 9.14. The van der Waals surface area contributed by atoms with Crippen LogP contribution in [0.3, 0.4) is 0 Å². The van der Waals surface area contributed by atoms with Crippen molar-refractivity contribution in [1.29, 1.82) is 0 Å². The van der Waals surface area contributed by atoms with Crippen LogP contribution in [0.15, 0.2) is 29.1 Å². The lowest BCUT2D eigenvalue weighted by Gasteiger charge is -2.36. The van der Waals surface area contributed by atoms with Crippen molar-refractivity contribution in [2.45, 2.75) is 65.0 Å². The van der Waals surface area contributed by atoms with Gasteiger partial charge in [-0.25, -0.2) is 4.98 Å². The molecule has 0 fully saturated rings. The highest BCUT2D eigenvalue weighted by Crippen LogP contribution is 2.42. The van der Waals surface area contributed by atoms with Crippen LogP contribution in [0.5, 0.6) is 5.75 Å². The van der Waals surface area contributed by atoms with Gasteiger partial charge in [-0.2, -0.15) is 0 Å². The van der Waals surface area contributed by atoms with Crippen molar-refractivity contribution >= 4 is 28.6 Å². The summed E-state index contributed by atoms with van der Waals surface area (Å²) in [6, 6.07) is 6.79. The SMILES string of the molecule is CCC(=O)NCC(=O)O[C@]1(CC)C(=O)CCc2c1cc1n(c2=O)Cc2c-1nc1ccc(O)cc1c2CC. The number of ketones is 1. The number of phenolic OH excluding ortho intramolecular Hbond substituents is 1. The van der Waals surface area contributed by atoms with Crippen molar-refractivity contribution in [2.75, 3.05) is 6.54 Å². The van der Waals surface area contributed by atoms with E-state index in [-0.39, 0.29) is 55.2 Å². The van der Waals surface area contributed by atoms with Gasteiger partial charge in [-0.1, -0.05) is 20.8 Å². The fourth-order valence-corrected chi connectivity index (χ4v) is 5.63. The van der Waals surface area contributed by atoms with Crippen LogP contribution in [-0.4, -0.2) is 38.9 Å². The largest absolute Gasteiger partial charge is 0.508 e. The number of hydrogen-bond acceptors (Lipinski definition) is 7. The number of carbonyl (C=O) groups is 3. The van der Waals surface area contributed by atoms with Crippen molar-refractivity contribution in [2.24, 2.45) is 0 Å². The number of carbonyl (C=O) groups excluding carboxylic acids is 3. The standard InChI is InChI=1S/C28H29N3O6/c1-4-16-18-11-15(32)7-9-21(18)30-26-19(16)14-31-22(26)12-20-17(27(31)36)8-10-23(33)28(20,6-3)37-25(35)13-29-24(34)5-2/h7,9,11-12,32H,4-6,8,10,13-14H2,1-3H3,(H,29,34)/t28-/m0/s1. The highest BCUT2D eigenvalue weighted by Gasteiger charge is 2.48. The second-order valence-electron chi connectivity index (χ2n) is 9.49. The molecule has 0 bridgehead atoms. The van der Waals surface area contributed by atoms with Crippen molar-refractivity contribution in [3.05, 3.63) is 56.9 Å². The second-order valence-corrected chi connectivity index (χ2v) is 9.49. The molecule has 37 heavy (non-hydrogen) atoms. The topological polar surface area (TPSA) is 128 Å². The van der Waals surface area contributed by atoms with E-state index in [1.807, 2.05) is 6.92 Å². The fourth-order valence-electron chi connectivity index (χ4n) is 5.63. The zero-order valence-corrected chi connectivity index (χ0v) is 21.1. The number of fused-ring (bicyclic) bond motifs is 5.